The molecule has 76 valence electrons. The Morgan fingerprint density at radius 2 is 2.07 bits per heavy atom. The van der Waals surface area contributed by atoms with Crippen LogP contribution in [0.15, 0.2) is 24.3 Å². The van der Waals surface area contributed by atoms with Crippen LogP contribution in [0.3, 0.4) is 0 Å². The normalized spacial score (nSPS) is 9.86. The fraction of sp³-hybridized carbons (Fsp3) is 0.300. The van der Waals surface area contributed by atoms with Crippen LogP contribution in [0.5, 0.6) is 5.75 Å². The standard InChI is InChI=1S/C10H11ClO2S/c1-8(12)14-7-6-13-10-4-2-9(11)3-5-10/h2-5H,6-7H2,1H3. The molecule has 14 heavy (non-hydrogen) atoms. The van der Waals surface area contributed by atoms with Crippen LogP contribution in [-0.4, -0.2) is 17.5 Å². The average molecular weight is 231 g/mol. The van der Waals surface area contributed by atoms with E-state index >= 15 is 0 Å². The summed E-state index contributed by atoms with van der Waals surface area (Å²) in [4.78, 5) is 10.6. The molecular weight excluding hydrogens is 220 g/mol. The van der Waals surface area contributed by atoms with Gasteiger partial charge >= 0.3 is 0 Å². The van der Waals surface area contributed by atoms with Crippen molar-refractivity contribution in [3.8, 4) is 5.75 Å². The molecule has 0 radical (unpaired) electrons. The Labute approximate surface area is 92.6 Å². The first-order valence-electron chi connectivity index (χ1n) is 4.20. The summed E-state index contributed by atoms with van der Waals surface area (Å²) in [5, 5.41) is 0.806. The molecule has 0 amide bonds. The van der Waals surface area contributed by atoms with E-state index in [1.54, 1.807) is 31.2 Å². The zero-order valence-corrected chi connectivity index (χ0v) is 9.40. The van der Waals surface area contributed by atoms with Crippen molar-refractivity contribution in [2.24, 2.45) is 0 Å². The quantitative estimate of drug-likeness (QED) is 0.744. The molecule has 0 aliphatic rings. The number of carbonyl (C=O) groups excluding carboxylic acids is 1. The summed E-state index contributed by atoms with van der Waals surface area (Å²) < 4.78 is 5.38. The molecule has 1 aromatic carbocycles. The first-order valence-corrected chi connectivity index (χ1v) is 5.56. The van der Waals surface area contributed by atoms with Crippen molar-refractivity contribution >= 4 is 28.5 Å². The number of thioether (sulfide) groups is 1. The van der Waals surface area contributed by atoms with Crippen molar-refractivity contribution in [1.29, 1.82) is 0 Å². The van der Waals surface area contributed by atoms with Gasteiger partial charge in [-0.2, -0.15) is 0 Å². The number of hydrogen-bond donors (Lipinski definition) is 0. The van der Waals surface area contributed by atoms with E-state index in [1.165, 1.54) is 11.8 Å². The van der Waals surface area contributed by atoms with Gasteiger partial charge in [-0.3, -0.25) is 4.79 Å². The fourth-order valence-corrected chi connectivity index (χ4v) is 1.46. The van der Waals surface area contributed by atoms with Crippen LogP contribution < -0.4 is 4.74 Å². The highest BCUT2D eigenvalue weighted by molar-refractivity contribution is 8.13. The smallest absolute Gasteiger partial charge is 0.185 e. The maximum absolute atomic E-state index is 10.6. The van der Waals surface area contributed by atoms with Gasteiger partial charge in [-0.25, -0.2) is 0 Å². The van der Waals surface area contributed by atoms with Crippen molar-refractivity contribution in [2.75, 3.05) is 12.4 Å². The Balaban J connectivity index is 2.25. The van der Waals surface area contributed by atoms with E-state index < -0.39 is 0 Å². The number of benzene rings is 1. The molecule has 0 saturated heterocycles. The largest absolute Gasteiger partial charge is 0.493 e. The van der Waals surface area contributed by atoms with Gasteiger partial charge in [0, 0.05) is 17.7 Å². The Morgan fingerprint density at radius 1 is 1.43 bits per heavy atom. The van der Waals surface area contributed by atoms with Gasteiger partial charge < -0.3 is 4.74 Å². The van der Waals surface area contributed by atoms with Gasteiger partial charge in [-0.05, 0) is 24.3 Å². The molecule has 0 unspecified atom stereocenters. The predicted molar refractivity (Wildman–Crippen MR) is 60.1 cm³/mol. The number of rotatable bonds is 4. The summed E-state index contributed by atoms with van der Waals surface area (Å²) in [6.45, 7) is 2.08. The molecule has 0 N–H and O–H groups in total. The summed E-state index contributed by atoms with van der Waals surface area (Å²) in [5.74, 6) is 1.45. The summed E-state index contributed by atoms with van der Waals surface area (Å²) in [6.07, 6.45) is 0. The molecule has 4 heteroatoms. The van der Waals surface area contributed by atoms with E-state index in [9.17, 15) is 4.79 Å². The molecule has 1 aromatic rings. The second-order valence-electron chi connectivity index (χ2n) is 2.64. The van der Waals surface area contributed by atoms with E-state index in [4.69, 9.17) is 16.3 Å². The Kier molecular flexibility index (Phi) is 4.84. The van der Waals surface area contributed by atoms with E-state index in [0.29, 0.717) is 17.4 Å². The van der Waals surface area contributed by atoms with Gasteiger partial charge in [-0.15, -0.1) is 0 Å². The minimum absolute atomic E-state index is 0.115. The summed E-state index contributed by atoms with van der Waals surface area (Å²) >= 11 is 6.97. The number of hydrogen-bond acceptors (Lipinski definition) is 3. The van der Waals surface area contributed by atoms with Crippen molar-refractivity contribution in [2.45, 2.75) is 6.92 Å². The Hall–Kier alpha value is -0.670. The van der Waals surface area contributed by atoms with E-state index in [-0.39, 0.29) is 5.12 Å². The lowest BCUT2D eigenvalue weighted by atomic mass is 10.3. The number of halogens is 1. The molecule has 0 atom stereocenters. The first kappa shape index (κ1) is 11.4. The minimum Gasteiger partial charge on any atom is -0.493 e. The third-order valence-corrected chi connectivity index (χ3v) is 2.50. The van der Waals surface area contributed by atoms with E-state index in [2.05, 4.69) is 0 Å². The number of ether oxygens (including phenoxy) is 1. The van der Waals surface area contributed by atoms with Crippen LogP contribution in [-0.2, 0) is 4.79 Å². The summed E-state index contributed by atoms with van der Waals surface area (Å²) in [7, 11) is 0. The highest BCUT2D eigenvalue weighted by Gasteiger charge is 1.96. The van der Waals surface area contributed by atoms with Crippen LogP contribution in [0.1, 0.15) is 6.92 Å². The molecule has 0 aromatic heterocycles. The first-order chi connectivity index (χ1) is 6.68. The molecule has 2 nitrogen and oxygen atoms in total. The zero-order valence-electron chi connectivity index (χ0n) is 7.83. The van der Waals surface area contributed by atoms with Gasteiger partial charge in [0.2, 0.25) is 0 Å². The lowest BCUT2D eigenvalue weighted by Gasteiger charge is -2.04. The van der Waals surface area contributed by atoms with Crippen molar-refractivity contribution in [3.05, 3.63) is 29.3 Å². The van der Waals surface area contributed by atoms with Crippen molar-refractivity contribution in [3.63, 3.8) is 0 Å². The van der Waals surface area contributed by atoms with Gasteiger partial charge in [0.05, 0.1) is 6.61 Å². The SMILES string of the molecule is CC(=O)SCCOc1ccc(Cl)cc1. The van der Waals surface area contributed by atoms with Crippen LogP contribution in [0.25, 0.3) is 0 Å². The van der Waals surface area contributed by atoms with Crippen LogP contribution in [0, 0.1) is 0 Å². The lowest BCUT2D eigenvalue weighted by Crippen LogP contribution is -2.01. The second-order valence-corrected chi connectivity index (χ2v) is 4.35. The third kappa shape index (κ3) is 4.53. The molecule has 0 bridgehead atoms. The molecule has 0 spiro atoms. The maximum Gasteiger partial charge on any atom is 0.185 e. The van der Waals surface area contributed by atoms with Crippen molar-refractivity contribution in [1.82, 2.24) is 0 Å². The lowest BCUT2D eigenvalue weighted by molar-refractivity contribution is -0.109. The molecule has 0 fully saturated rings. The van der Waals surface area contributed by atoms with Crippen molar-refractivity contribution < 1.29 is 9.53 Å². The molecule has 1 rings (SSSR count). The van der Waals surface area contributed by atoms with E-state index in [1.807, 2.05) is 0 Å². The Bertz CT molecular complexity index is 297. The van der Waals surface area contributed by atoms with Crippen LogP contribution in [0.2, 0.25) is 5.02 Å². The Morgan fingerprint density at radius 3 is 2.64 bits per heavy atom. The highest BCUT2D eigenvalue weighted by Crippen LogP contribution is 2.15. The third-order valence-electron chi connectivity index (χ3n) is 1.47. The second kappa shape index (κ2) is 5.94. The highest BCUT2D eigenvalue weighted by atomic mass is 35.5. The van der Waals surface area contributed by atoms with Crippen LogP contribution in [0.4, 0.5) is 0 Å². The molecule has 0 saturated carbocycles. The number of carbonyl (C=O) groups is 1. The van der Waals surface area contributed by atoms with E-state index in [0.717, 1.165) is 5.75 Å². The minimum atomic E-state index is 0.115. The predicted octanol–water partition coefficient (Wildman–Crippen LogP) is 3.00. The molecule has 0 aliphatic heterocycles. The van der Waals surface area contributed by atoms with Gasteiger partial charge in [0.1, 0.15) is 5.75 Å². The fourth-order valence-electron chi connectivity index (χ4n) is 0.876. The zero-order chi connectivity index (χ0) is 10.4. The maximum atomic E-state index is 10.6. The molecular formula is C10H11ClO2S. The molecule has 0 aliphatic carbocycles. The molecule has 0 heterocycles. The average Bonchev–Trinajstić information content (AvgIpc) is 2.15. The van der Waals surface area contributed by atoms with Crippen LogP contribution >= 0.6 is 23.4 Å². The summed E-state index contributed by atoms with van der Waals surface area (Å²) in [6, 6.07) is 7.16. The van der Waals surface area contributed by atoms with Gasteiger partial charge in [-0.1, -0.05) is 23.4 Å². The van der Waals surface area contributed by atoms with Gasteiger partial charge in [0.15, 0.2) is 5.12 Å². The van der Waals surface area contributed by atoms with Gasteiger partial charge in [0.25, 0.3) is 0 Å². The monoisotopic (exact) mass is 230 g/mol. The topological polar surface area (TPSA) is 26.3 Å². The summed E-state index contributed by atoms with van der Waals surface area (Å²) in [5.41, 5.74) is 0.